The maximum Gasteiger partial charge on any atom is 0.336 e. The molecule has 2 aliphatic heterocycles. The van der Waals surface area contributed by atoms with Crippen LogP contribution >= 0.6 is 0 Å². The summed E-state index contributed by atoms with van der Waals surface area (Å²) < 4.78 is 11.3. The first-order valence-corrected chi connectivity index (χ1v) is 9.47. The third kappa shape index (κ3) is 2.63. The Morgan fingerprint density at radius 1 is 0.808 bits per heavy atom. The van der Waals surface area contributed by atoms with Crippen molar-refractivity contribution in [1.82, 2.24) is 0 Å². The van der Waals surface area contributed by atoms with E-state index in [2.05, 4.69) is 0 Å². The largest absolute Gasteiger partial charge is 0.478 e. The van der Waals surface area contributed by atoms with Crippen molar-refractivity contribution in [3.63, 3.8) is 0 Å². The topological polar surface area (TPSA) is 99.7 Å². The van der Waals surface area contributed by atoms with E-state index in [0.717, 1.165) is 49.7 Å². The van der Waals surface area contributed by atoms with Crippen molar-refractivity contribution in [2.24, 2.45) is 0 Å². The number of carboxylic acids is 2. The van der Waals surface area contributed by atoms with E-state index in [1.54, 1.807) is 0 Å². The first-order chi connectivity index (χ1) is 12.5. The molecular formula is C20H22O6. The van der Waals surface area contributed by atoms with E-state index in [9.17, 15) is 19.8 Å². The Morgan fingerprint density at radius 2 is 1.42 bits per heavy atom. The minimum atomic E-state index is -1.18. The van der Waals surface area contributed by atoms with Gasteiger partial charge in [-0.15, -0.1) is 0 Å². The molecule has 0 aromatic heterocycles. The van der Waals surface area contributed by atoms with Crippen LogP contribution in [0.2, 0.25) is 0 Å². The summed E-state index contributed by atoms with van der Waals surface area (Å²) in [4.78, 5) is 23.7. The molecule has 0 amide bonds. The SMILES string of the molecule is O=C(O)c1ccc(C2CCC3OC3C2)c(C2CCC3OC3C2)c1C(=O)O. The highest BCUT2D eigenvalue weighted by molar-refractivity contribution is 6.03. The lowest BCUT2D eigenvalue weighted by molar-refractivity contribution is 0.0649. The smallest absolute Gasteiger partial charge is 0.336 e. The van der Waals surface area contributed by atoms with Gasteiger partial charge in [-0.2, -0.15) is 0 Å². The Kier molecular flexibility index (Phi) is 3.62. The van der Waals surface area contributed by atoms with Crippen molar-refractivity contribution in [1.29, 1.82) is 0 Å². The highest BCUT2D eigenvalue weighted by Gasteiger charge is 2.48. The lowest BCUT2D eigenvalue weighted by Crippen LogP contribution is -2.22. The van der Waals surface area contributed by atoms with E-state index in [0.29, 0.717) is 12.2 Å². The van der Waals surface area contributed by atoms with E-state index in [-0.39, 0.29) is 35.2 Å². The van der Waals surface area contributed by atoms with Gasteiger partial charge in [0.15, 0.2) is 0 Å². The number of ether oxygens (including phenoxy) is 2. The lowest BCUT2D eigenvalue weighted by Gasteiger charge is -2.29. The fourth-order valence-electron chi connectivity index (χ4n) is 5.19. The molecule has 4 fully saturated rings. The van der Waals surface area contributed by atoms with Gasteiger partial charge in [-0.25, -0.2) is 9.59 Å². The van der Waals surface area contributed by atoms with E-state index in [1.165, 1.54) is 6.07 Å². The molecule has 1 aromatic rings. The van der Waals surface area contributed by atoms with E-state index >= 15 is 0 Å². The molecule has 6 heteroatoms. The zero-order chi connectivity index (χ0) is 18.0. The summed E-state index contributed by atoms with van der Waals surface area (Å²) in [6.45, 7) is 0. The number of epoxide rings is 2. The molecule has 1 aromatic carbocycles. The molecule has 0 bridgehead atoms. The van der Waals surface area contributed by atoms with Gasteiger partial charge in [-0.3, -0.25) is 0 Å². The fraction of sp³-hybridized carbons (Fsp3) is 0.600. The Balaban J connectivity index is 1.61. The third-order valence-corrected chi connectivity index (χ3v) is 6.58. The minimum Gasteiger partial charge on any atom is -0.478 e. The van der Waals surface area contributed by atoms with Crippen LogP contribution in [0.25, 0.3) is 0 Å². The molecule has 2 aliphatic carbocycles. The Labute approximate surface area is 151 Å². The van der Waals surface area contributed by atoms with Crippen LogP contribution in [0.1, 0.15) is 82.2 Å². The number of fused-ring (bicyclic) bond motifs is 2. The maximum absolute atomic E-state index is 12.1. The fourth-order valence-corrected chi connectivity index (χ4v) is 5.19. The van der Waals surface area contributed by atoms with Crippen LogP contribution in [0.4, 0.5) is 0 Å². The normalized spacial score (nSPS) is 37.4. The van der Waals surface area contributed by atoms with Gasteiger partial charge in [0.1, 0.15) is 0 Å². The summed E-state index contributed by atoms with van der Waals surface area (Å²) >= 11 is 0. The van der Waals surface area contributed by atoms with Gasteiger partial charge >= 0.3 is 11.9 Å². The second-order valence-electron chi connectivity index (χ2n) is 8.05. The second kappa shape index (κ2) is 5.79. The number of benzene rings is 1. The van der Waals surface area contributed by atoms with Crippen LogP contribution in [-0.4, -0.2) is 46.6 Å². The Bertz CT molecular complexity index is 787. The molecule has 2 saturated carbocycles. The molecular weight excluding hydrogens is 336 g/mol. The average Bonchev–Trinajstić information content (AvgIpc) is 3.52. The van der Waals surface area contributed by atoms with Crippen LogP contribution in [0.3, 0.4) is 0 Å². The van der Waals surface area contributed by atoms with Gasteiger partial charge in [-0.05, 0) is 67.6 Å². The van der Waals surface area contributed by atoms with Gasteiger partial charge in [0, 0.05) is 0 Å². The van der Waals surface area contributed by atoms with Crippen molar-refractivity contribution in [3.8, 4) is 0 Å². The molecule has 26 heavy (non-hydrogen) atoms. The van der Waals surface area contributed by atoms with Crippen LogP contribution < -0.4 is 0 Å². The molecule has 2 N–H and O–H groups in total. The van der Waals surface area contributed by atoms with Gasteiger partial charge in [0.2, 0.25) is 0 Å². The molecule has 4 aliphatic rings. The number of carboxylic acid groups (broad SMARTS) is 2. The molecule has 6 nitrogen and oxygen atoms in total. The van der Waals surface area contributed by atoms with E-state index in [1.807, 2.05) is 6.07 Å². The van der Waals surface area contributed by atoms with Crippen molar-refractivity contribution in [2.45, 2.75) is 74.8 Å². The summed E-state index contributed by atoms with van der Waals surface area (Å²) in [6, 6.07) is 3.34. The number of aromatic carboxylic acids is 2. The van der Waals surface area contributed by atoms with Crippen molar-refractivity contribution in [3.05, 3.63) is 34.4 Å². The zero-order valence-electron chi connectivity index (χ0n) is 14.4. The maximum atomic E-state index is 12.1. The predicted octanol–water partition coefficient (Wildman–Crippen LogP) is 3.15. The van der Waals surface area contributed by atoms with Gasteiger partial charge in [0.25, 0.3) is 0 Å². The van der Waals surface area contributed by atoms with Crippen molar-refractivity contribution < 1.29 is 29.3 Å². The summed E-state index contributed by atoms with van der Waals surface area (Å²) in [5.41, 5.74) is 1.64. The quantitative estimate of drug-likeness (QED) is 0.802. The third-order valence-electron chi connectivity index (χ3n) is 6.58. The number of carbonyl (C=O) groups is 2. The van der Waals surface area contributed by atoms with Crippen LogP contribution in [0, 0.1) is 0 Å². The summed E-state index contributed by atoms with van der Waals surface area (Å²) in [7, 11) is 0. The van der Waals surface area contributed by atoms with Crippen molar-refractivity contribution in [2.75, 3.05) is 0 Å². The molecule has 0 spiro atoms. The highest BCUT2D eigenvalue weighted by Crippen LogP contribution is 2.50. The van der Waals surface area contributed by atoms with E-state index in [4.69, 9.17) is 9.47 Å². The predicted molar refractivity (Wildman–Crippen MR) is 90.9 cm³/mol. The molecule has 5 rings (SSSR count). The number of hydrogen-bond acceptors (Lipinski definition) is 4. The van der Waals surface area contributed by atoms with E-state index < -0.39 is 11.9 Å². The molecule has 138 valence electrons. The van der Waals surface area contributed by atoms with Crippen LogP contribution in [0.5, 0.6) is 0 Å². The number of rotatable bonds is 4. The van der Waals surface area contributed by atoms with Crippen molar-refractivity contribution >= 4 is 11.9 Å². The van der Waals surface area contributed by atoms with Gasteiger partial charge < -0.3 is 19.7 Å². The molecule has 6 unspecified atom stereocenters. The Morgan fingerprint density at radius 3 is 2.00 bits per heavy atom. The van der Waals surface area contributed by atoms with Crippen LogP contribution in [0.15, 0.2) is 12.1 Å². The second-order valence-corrected chi connectivity index (χ2v) is 8.05. The van der Waals surface area contributed by atoms with Gasteiger partial charge in [0.05, 0.1) is 35.5 Å². The highest BCUT2D eigenvalue weighted by atomic mass is 16.6. The monoisotopic (exact) mass is 358 g/mol. The Hall–Kier alpha value is -1.92. The molecule has 2 saturated heterocycles. The molecule has 2 heterocycles. The lowest BCUT2D eigenvalue weighted by atomic mass is 9.73. The summed E-state index contributed by atoms with van der Waals surface area (Å²) in [6.07, 6.45) is 6.62. The first-order valence-electron chi connectivity index (χ1n) is 9.47. The minimum absolute atomic E-state index is 0.0158. The van der Waals surface area contributed by atoms with Crippen LogP contribution in [-0.2, 0) is 9.47 Å². The zero-order valence-corrected chi connectivity index (χ0v) is 14.4. The van der Waals surface area contributed by atoms with Gasteiger partial charge in [-0.1, -0.05) is 6.07 Å². The molecule has 0 radical (unpaired) electrons. The summed E-state index contributed by atoms with van der Waals surface area (Å²) in [5.74, 6) is -2.03. The average molecular weight is 358 g/mol. The standard InChI is InChI=1S/C20H22O6/c21-19(22)12-4-3-11(9-1-5-13-15(7-9)25-13)17(18(12)20(23)24)10-2-6-14-16(8-10)26-14/h3-4,9-10,13-16H,1-2,5-8H2,(H,21,22)(H,23,24). The number of hydrogen-bond donors (Lipinski definition) is 2. The molecule has 6 atom stereocenters. The first kappa shape index (κ1) is 16.3. The summed E-state index contributed by atoms with van der Waals surface area (Å²) in [5, 5.41) is 19.4.